The van der Waals surface area contributed by atoms with Crippen LogP contribution < -0.4 is 10.6 Å². The second-order valence-electron chi connectivity index (χ2n) is 8.28. The lowest BCUT2D eigenvalue weighted by molar-refractivity contribution is -0.144. The summed E-state index contributed by atoms with van der Waals surface area (Å²) in [6.07, 6.45) is 0.421. The van der Waals surface area contributed by atoms with Crippen LogP contribution >= 0.6 is 0 Å². The molecule has 2 aromatic rings. The Morgan fingerprint density at radius 2 is 1.57 bits per heavy atom. The van der Waals surface area contributed by atoms with Crippen molar-refractivity contribution in [2.75, 3.05) is 20.3 Å². The fourth-order valence-corrected chi connectivity index (χ4v) is 4.14. The van der Waals surface area contributed by atoms with Crippen LogP contribution in [0.25, 0.3) is 11.1 Å². The number of ether oxygens (including phenoxy) is 2. The van der Waals surface area contributed by atoms with Gasteiger partial charge in [-0.3, -0.25) is 9.59 Å². The molecular formula is C26H30N2O7. The van der Waals surface area contributed by atoms with Crippen molar-refractivity contribution >= 4 is 23.9 Å². The Hall–Kier alpha value is -3.88. The van der Waals surface area contributed by atoms with Crippen LogP contribution in [0.4, 0.5) is 4.79 Å². The number of carbonyl (C=O) groups excluding carboxylic acids is 3. The van der Waals surface area contributed by atoms with Crippen molar-refractivity contribution in [3.8, 4) is 11.1 Å². The van der Waals surface area contributed by atoms with Gasteiger partial charge in [0, 0.05) is 25.3 Å². The van der Waals surface area contributed by atoms with Crippen molar-refractivity contribution in [1.82, 2.24) is 10.6 Å². The van der Waals surface area contributed by atoms with E-state index in [0.717, 1.165) is 22.3 Å². The monoisotopic (exact) mass is 482 g/mol. The number of carboxylic acid groups (broad SMARTS) is 1. The van der Waals surface area contributed by atoms with Crippen LogP contribution in [0.2, 0.25) is 0 Å². The number of carbonyl (C=O) groups is 4. The molecule has 0 spiro atoms. The molecule has 0 fully saturated rings. The van der Waals surface area contributed by atoms with E-state index in [1.54, 1.807) is 0 Å². The number of esters is 1. The summed E-state index contributed by atoms with van der Waals surface area (Å²) in [5.74, 6) is -2.19. The summed E-state index contributed by atoms with van der Waals surface area (Å²) in [6.45, 7) is 0.555. The molecule has 0 saturated carbocycles. The first-order valence-electron chi connectivity index (χ1n) is 11.6. The summed E-state index contributed by atoms with van der Waals surface area (Å²) in [4.78, 5) is 46.6. The summed E-state index contributed by atoms with van der Waals surface area (Å²) in [6, 6.07) is 15.0. The van der Waals surface area contributed by atoms with Gasteiger partial charge >= 0.3 is 18.0 Å². The zero-order valence-electron chi connectivity index (χ0n) is 19.6. The van der Waals surface area contributed by atoms with E-state index < -0.39 is 30.0 Å². The quantitative estimate of drug-likeness (QED) is 0.313. The molecular weight excluding hydrogens is 452 g/mol. The maximum atomic E-state index is 12.2. The second-order valence-corrected chi connectivity index (χ2v) is 8.28. The average molecular weight is 483 g/mol. The third kappa shape index (κ3) is 7.05. The third-order valence-corrected chi connectivity index (χ3v) is 5.94. The van der Waals surface area contributed by atoms with Crippen LogP contribution in [0, 0.1) is 0 Å². The Morgan fingerprint density at radius 3 is 2.17 bits per heavy atom. The molecule has 186 valence electrons. The number of rotatable bonds is 12. The van der Waals surface area contributed by atoms with Crippen LogP contribution in [0.15, 0.2) is 48.5 Å². The Labute approximate surface area is 203 Å². The van der Waals surface area contributed by atoms with Gasteiger partial charge in [0.05, 0.1) is 7.11 Å². The molecule has 0 radical (unpaired) electrons. The highest BCUT2D eigenvalue weighted by molar-refractivity contribution is 5.84. The van der Waals surface area contributed by atoms with Gasteiger partial charge in [-0.1, -0.05) is 48.5 Å². The number of amides is 2. The fraction of sp³-hybridized carbons (Fsp3) is 0.385. The minimum absolute atomic E-state index is 0.0155. The third-order valence-electron chi connectivity index (χ3n) is 5.94. The maximum absolute atomic E-state index is 12.2. The topological polar surface area (TPSA) is 131 Å². The molecule has 0 saturated heterocycles. The van der Waals surface area contributed by atoms with Gasteiger partial charge in [0.2, 0.25) is 5.91 Å². The lowest BCUT2D eigenvalue weighted by Gasteiger charge is -2.15. The van der Waals surface area contributed by atoms with E-state index in [2.05, 4.69) is 39.6 Å². The van der Waals surface area contributed by atoms with Crippen molar-refractivity contribution < 1.29 is 33.8 Å². The van der Waals surface area contributed by atoms with Gasteiger partial charge in [0.15, 0.2) is 0 Å². The predicted octanol–water partition coefficient (Wildman–Crippen LogP) is 3.22. The highest BCUT2D eigenvalue weighted by Crippen LogP contribution is 2.44. The van der Waals surface area contributed by atoms with Gasteiger partial charge in [0.1, 0.15) is 12.6 Å². The molecule has 0 unspecified atom stereocenters. The van der Waals surface area contributed by atoms with Crippen LogP contribution in [-0.4, -0.2) is 55.3 Å². The van der Waals surface area contributed by atoms with Crippen molar-refractivity contribution in [2.45, 2.75) is 44.1 Å². The zero-order valence-corrected chi connectivity index (χ0v) is 19.6. The molecule has 35 heavy (non-hydrogen) atoms. The molecule has 1 aliphatic rings. The Balaban J connectivity index is 1.35. The Bertz CT molecular complexity index is 1020. The number of fused-ring (bicyclic) bond motifs is 3. The summed E-state index contributed by atoms with van der Waals surface area (Å²) in [5.41, 5.74) is 4.59. The minimum atomic E-state index is -1.21. The van der Waals surface area contributed by atoms with Crippen molar-refractivity contribution in [2.24, 2.45) is 0 Å². The van der Waals surface area contributed by atoms with Crippen molar-refractivity contribution in [1.29, 1.82) is 0 Å². The van der Waals surface area contributed by atoms with Crippen LogP contribution in [-0.2, 0) is 23.9 Å². The number of hydrogen-bond acceptors (Lipinski definition) is 6. The Kier molecular flexibility index (Phi) is 9.23. The highest BCUT2D eigenvalue weighted by atomic mass is 16.5. The number of aliphatic carboxylic acids is 1. The molecule has 2 aromatic carbocycles. The normalized spacial score (nSPS) is 12.7. The zero-order chi connectivity index (χ0) is 25.2. The standard InChI is InChI=1S/C26H30N2O7/c1-34-24(30)14-13-22(25(31)32)28-23(29)12-6-7-15-27-26(33)35-16-21-19-10-4-2-8-17(19)18-9-3-5-11-20(18)21/h2-5,8-11,21-22H,6-7,12-16H2,1H3,(H,27,33)(H,28,29)(H,31,32)/t22-/m1/s1. The highest BCUT2D eigenvalue weighted by Gasteiger charge is 2.29. The van der Waals surface area contributed by atoms with E-state index in [0.29, 0.717) is 19.4 Å². The number of benzene rings is 2. The molecule has 1 atom stereocenters. The van der Waals surface area contributed by atoms with Gasteiger partial charge in [-0.25, -0.2) is 9.59 Å². The second kappa shape index (κ2) is 12.5. The first-order valence-corrected chi connectivity index (χ1v) is 11.6. The summed E-state index contributed by atoms with van der Waals surface area (Å²) in [5, 5.41) is 14.3. The number of unbranched alkanes of at least 4 members (excludes halogenated alkanes) is 1. The molecule has 0 bridgehead atoms. The molecule has 9 heteroatoms. The molecule has 0 heterocycles. The van der Waals surface area contributed by atoms with Gasteiger partial charge in [-0.2, -0.15) is 0 Å². The largest absolute Gasteiger partial charge is 0.480 e. The Morgan fingerprint density at radius 1 is 0.943 bits per heavy atom. The number of hydrogen-bond donors (Lipinski definition) is 3. The van der Waals surface area contributed by atoms with Crippen LogP contribution in [0.3, 0.4) is 0 Å². The van der Waals surface area contributed by atoms with Gasteiger partial charge < -0.3 is 25.2 Å². The molecule has 9 nitrogen and oxygen atoms in total. The lowest BCUT2D eigenvalue weighted by Crippen LogP contribution is -2.41. The first-order chi connectivity index (χ1) is 16.9. The lowest BCUT2D eigenvalue weighted by atomic mass is 9.98. The van der Waals surface area contributed by atoms with Gasteiger partial charge in [-0.15, -0.1) is 0 Å². The van der Waals surface area contributed by atoms with Crippen LogP contribution in [0.5, 0.6) is 0 Å². The van der Waals surface area contributed by atoms with Crippen LogP contribution in [0.1, 0.15) is 49.1 Å². The van der Waals surface area contributed by atoms with E-state index in [1.165, 1.54) is 7.11 Å². The van der Waals surface area contributed by atoms with Gasteiger partial charge in [0.25, 0.3) is 0 Å². The maximum Gasteiger partial charge on any atom is 0.407 e. The molecule has 0 aliphatic heterocycles. The molecule has 3 N–H and O–H groups in total. The molecule has 0 aromatic heterocycles. The first kappa shape index (κ1) is 25.7. The summed E-state index contributed by atoms with van der Waals surface area (Å²) < 4.78 is 9.95. The smallest absolute Gasteiger partial charge is 0.407 e. The fourth-order valence-electron chi connectivity index (χ4n) is 4.14. The molecule has 1 aliphatic carbocycles. The van der Waals surface area contributed by atoms with Crippen molar-refractivity contribution in [3.05, 3.63) is 59.7 Å². The van der Waals surface area contributed by atoms with Gasteiger partial charge in [-0.05, 0) is 41.5 Å². The number of methoxy groups -OCH3 is 1. The molecule has 3 rings (SSSR count). The average Bonchev–Trinajstić information content (AvgIpc) is 3.18. The summed E-state index contributed by atoms with van der Waals surface area (Å²) in [7, 11) is 1.22. The van der Waals surface area contributed by atoms with E-state index in [4.69, 9.17) is 4.74 Å². The van der Waals surface area contributed by atoms with E-state index in [1.807, 2.05) is 24.3 Å². The van der Waals surface area contributed by atoms with E-state index >= 15 is 0 Å². The summed E-state index contributed by atoms with van der Waals surface area (Å²) >= 11 is 0. The van der Waals surface area contributed by atoms with E-state index in [-0.39, 0.29) is 31.8 Å². The predicted molar refractivity (Wildman–Crippen MR) is 128 cm³/mol. The number of alkyl carbamates (subject to hydrolysis) is 1. The number of nitrogens with one attached hydrogen (secondary N) is 2. The molecule has 2 amide bonds. The number of carboxylic acids is 1. The minimum Gasteiger partial charge on any atom is -0.480 e. The van der Waals surface area contributed by atoms with Crippen molar-refractivity contribution in [3.63, 3.8) is 0 Å². The van der Waals surface area contributed by atoms with E-state index in [9.17, 15) is 24.3 Å². The SMILES string of the molecule is COC(=O)CC[C@@H](NC(=O)CCCCNC(=O)OCC1c2ccccc2-c2ccccc21)C(=O)O.